The molecule has 2 rings (SSSR count). The van der Waals surface area contributed by atoms with Crippen molar-refractivity contribution in [3.63, 3.8) is 0 Å². The fourth-order valence-electron chi connectivity index (χ4n) is 1.66. The summed E-state index contributed by atoms with van der Waals surface area (Å²) in [4.78, 5) is 24.0. The van der Waals surface area contributed by atoms with Crippen molar-refractivity contribution in [1.29, 1.82) is 0 Å². The monoisotopic (exact) mass is 297 g/mol. The number of pyridine rings is 1. The Morgan fingerprint density at radius 2 is 1.77 bits per heavy atom. The van der Waals surface area contributed by atoms with Gasteiger partial charge in [-0.1, -0.05) is 18.2 Å². The second kappa shape index (κ2) is 6.84. The van der Waals surface area contributed by atoms with Crippen LogP contribution in [0.25, 0.3) is 0 Å². The van der Waals surface area contributed by atoms with E-state index in [0.717, 1.165) is 0 Å². The van der Waals surface area contributed by atoms with Gasteiger partial charge in [-0.2, -0.15) is 4.99 Å². The van der Waals surface area contributed by atoms with Crippen LogP contribution in [0.1, 0.15) is 10.4 Å². The van der Waals surface area contributed by atoms with Gasteiger partial charge < -0.3 is 22.5 Å². The van der Waals surface area contributed by atoms with E-state index in [9.17, 15) is 4.79 Å². The molecular formula is C14H15N7O. The zero-order chi connectivity index (χ0) is 15.9. The maximum atomic E-state index is 12.3. The number of para-hydroxylation sites is 1. The topological polar surface area (TPSA) is 145 Å². The summed E-state index contributed by atoms with van der Waals surface area (Å²) in [6.07, 6.45) is 1.58. The quantitative estimate of drug-likeness (QED) is 0.483. The van der Waals surface area contributed by atoms with E-state index in [0.29, 0.717) is 17.1 Å². The van der Waals surface area contributed by atoms with Gasteiger partial charge in [0.05, 0.1) is 11.3 Å². The lowest BCUT2D eigenvalue weighted by molar-refractivity contribution is 0.102. The Hall–Kier alpha value is -3.42. The Morgan fingerprint density at radius 3 is 2.45 bits per heavy atom. The van der Waals surface area contributed by atoms with E-state index in [2.05, 4.69) is 20.3 Å². The first-order valence-corrected chi connectivity index (χ1v) is 6.31. The van der Waals surface area contributed by atoms with E-state index in [1.807, 2.05) is 0 Å². The minimum Gasteiger partial charge on any atom is -0.370 e. The number of carbonyl (C=O) groups excluding carboxylic acids is 1. The van der Waals surface area contributed by atoms with Gasteiger partial charge in [-0.15, -0.1) is 0 Å². The van der Waals surface area contributed by atoms with Crippen molar-refractivity contribution in [3.05, 3.63) is 54.2 Å². The van der Waals surface area contributed by atoms with Gasteiger partial charge in [0.1, 0.15) is 5.82 Å². The summed E-state index contributed by atoms with van der Waals surface area (Å²) in [5.74, 6) is -0.284. The molecule has 0 fully saturated rings. The zero-order valence-electron chi connectivity index (χ0n) is 11.6. The van der Waals surface area contributed by atoms with Crippen LogP contribution in [-0.4, -0.2) is 22.8 Å². The van der Waals surface area contributed by atoms with Crippen LogP contribution in [-0.2, 0) is 0 Å². The van der Waals surface area contributed by atoms with Crippen LogP contribution in [0, 0.1) is 0 Å². The van der Waals surface area contributed by atoms with Crippen LogP contribution >= 0.6 is 0 Å². The first-order chi connectivity index (χ1) is 10.6. The molecule has 8 heteroatoms. The minimum absolute atomic E-state index is 0.141. The molecule has 1 amide bonds. The van der Waals surface area contributed by atoms with Crippen molar-refractivity contribution in [2.45, 2.75) is 0 Å². The SMILES string of the molecule is NC(N)=NC(N)=Nc1ccccc1C(=O)Nc1ccccn1. The maximum absolute atomic E-state index is 12.3. The van der Waals surface area contributed by atoms with Crippen LogP contribution < -0.4 is 22.5 Å². The Labute approximate surface area is 126 Å². The number of anilines is 1. The third-order valence-electron chi connectivity index (χ3n) is 2.53. The number of amides is 1. The molecule has 0 bridgehead atoms. The molecule has 7 N–H and O–H groups in total. The number of rotatable bonds is 3. The summed E-state index contributed by atoms with van der Waals surface area (Å²) in [7, 11) is 0. The van der Waals surface area contributed by atoms with Crippen molar-refractivity contribution in [1.82, 2.24) is 4.98 Å². The molecule has 0 saturated heterocycles. The lowest BCUT2D eigenvalue weighted by Crippen LogP contribution is -2.26. The first-order valence-electron chi connectivity index (χ1n) is 6.31. The molecular weight excluding hydrogens is 282 g/mol. The number of nitrogens with zero attached hydrogens (tertiary/aromatic N) is 3. The average molecular weight is 297 g/mol. The summed E-state index contributed by atoms with van der Waals surface area (Å²) in [5.41, 5.74) is 16.7. The van der Waals surface area contributed by atoms with Crippen LogP contribution in [0.4, 0.5) is 11.5 Å². The Bertz CT molecular complexity index is 721. The van der Waals surface area contributed by atoms with Crippen molar-refractivity contribution in [2.24, 2.45) is 27.2 Å². The van der Waals surface area contributed by atoms with Gasteiger partial charge in [0.15, 0.2) is 5.96 Å². The van der Waals surface area contributed by atoms with Gasteiger partial charge in [0.2, 0.25) is 5.96 Å². The van der Waals surface area contributed by atoms with Crippen LogP contribution in [0.15, 0.2) is 58.6 Å². The van der Waals surface area contributed by atoms with Gasteiger partial charge in [0, 0.05) is 6.20 Å². The Kier molecular flexibility index (Phi) is 4.66. The third kappa shape index (κ3) is 4.04. The second-order valence-electron chi connectivity index (χ2n) is 4.19. The highest BCUT2D eigenvalue weighted by atomic mass is 16.1. The summed E-state index contributed by atoms with van der Waals surface area (Å²) < 4.78 is 0. The van der Waals surface area contributed by atoms with E-state index >= 15 is 0 Å². The fraction of sp³-hybridized carbons (Fsp3) is 0. The van der Waals surface area contributed by atoms with E-state index in [1.165, 1.54) is 0 Å². The molecule has 0 spiro atoms. The highest BCUT2D eigenvalue weighted by molar-refractivity contribution is 6.08. The van der Waals surface area contributed by atoms with E-state index in [1.54, 1.807) is 48.7 Å². The predicted octanol–water partition coefficient (Wildman–Crippen LogP) is 0.554. The number of guanidine groups is 2. The smallest absolute Gasteiger partial charge is 0.259 e. The van der Waals surface area contributed by atoms with Gasteiger partial charge in [-0.3, -0.25) is 4.79 Å². The minimum atomic E-state index is -0.365. The lowest BCUT2D eigenvalue weighted by Gasteiger charge is -2.06. The normalized spacial score (nSPS) is 10.8. The molecule has 22 heavy (non-hydrogen) atoms. The number of aliphatic imine (C=N–C) groups is 2. The number of aromatic nitrogens is 1. The fourth-order valence-corrected chi connectivity index (χ4v) is 1.66. The number of benzene rings is 1. The summed E-state index contributed by atoms with van der Waals surface area (Å²) in [6.45, 7) is 0. The van der Waals surface area contributed by atoms with Crippen molar-refractivity contribution in [2.75, 3.05) is 5.32 Å². The Morgan fingerprint density at radius 1 is 1.05 bits per heavy atom. The molecule has 0 aliphatic rings. The summed E-state index contributed by atoms with van der Waals surface area (Å²) in [6, 6.07) is 11.9. The van der Waals surface area contributed by atoms with Gasteiger partial charge >= 0.3 is 0 Å². The number of hydrogen-bond donors (Lipinski definition) is 4. The molecule has 0 atom stereocenters. The largest absolute Gasteiger partial charge is 0.370 e. The molecule has 1 heterocycles. The summed E-state index contributed by atoms with van der Waals surface area (Å²) in [5, 5.41) is 2.67. The number of carbonyl (C=O) groups is 1. The molecule has 0 saturated carbocycles. The van der Waals surface area contributed by atoms with Gasteiger partial charge in [-0.05, 0) is 24.3 Å². The molecule has 112 valence electrons. The molecule has 0 aliphatic heterocycles. The van der Waals surface area contributed by atoms with E-state index in [4.69, 9.17) is 17.2 Å². The zero-order valence-corrected chi connectivity index (χ0v) is 11.6. The highest BCUT2D eigenvalue weighted by Gasteiger charge is 2.11. The number of hydrogen-bond acceptors (Lipinski definition) is 3. The lowest BCUT2D eigenvalue weighted by atomic mass is 10.1. The molecule has 1 aromatic heterocycles. The predicted molar refractivity (Wildman–Crippen MR) is 85.7 cm³/mol. The van der Waals surface area contributed by atoms with Crippen molar-refractivity contribution >= 4 is 29.3 Å². The summed E-state index contributed by atoms with van der Waals surface area (Å²) >= 11 is 0. The highest BCUT2D eigenvalue weighted by Crippen LogP contribution is 2.19. The van der Waals surface area contributed by atoms with E-state index < -0.39 is 0 Å². The number of nitrogens with two attached hydrogens (primary N) is 3. The van der Waals surface area contributed by atoms with Crippen molar-refractivity contribution in [3.8, 4) is 0 Å². The average Bonchev–Trinajstić information content (AvgIpc) is 2.47. The molecule has 0 aliphatic carbocycles. The van der Waals surface area contributed by atoms with Crippen LogP contribution in [0.5, 0.6) is 0 Å². The first kappa shape index (κ1) is 15.0. The Balaban J connectivity index is 2.28. The standard InChI is InChI=1S/C14H15N7O/c15-13(16)21-14(17)19-10-6-2-1-5-9(10)12(22)20-11-7-3-4-8-18-11/h1-8H,(H,18,20,22)(H6,15,16,17,19,21). The van der Waals surface area contributed by atoms with Crippen LogP contribution in [0.2, 0.25) is 0 Å². The second-order valence-corrected chi connectivity index (χ2v) is 4.19. The molecule has 1 aromatic carbocycles. The van der Waals surface area contributed by atoms with Gasteiger partial charge in [-0.25, -0.2) is 9.98 Å². The van der Waals surface area contributed by atoms with Crippen molar-refractivity contribution < 1.29 is 4.79 Å². The molecule has 0 unspecified atom stereocenters. The molecule has 0 radical (unpaired) electrons. The van der Waals surface area contributed by atoms with Crippen LogP contribution in [0.3, 0.4) is 0 Å². The number of nitrogens with one attached hydrogen (secondary N) is 1. The maximum Gasteiger partial charge on any atom is 0.259 e. The molecule has 8 nitrogen and oxygen atoms in total. The van der Waals surface area contributed by atoms with Gasteiger partial charge in [0.25, 0.3) is 5.91 Å². The molecule has 2 aromatic rings. The third-order valence-corrected chi connectivity index (χ3v) is 2.53. The van der Waals surface area contributed by atoms with E-state index in [-0.39, 0.29) is 17.8 Å².